The zero-order valence-electron chi connectivity index (χ0n) is 10.5. The van der Waals surface area contributed by atoms with Crippen LogP contribution in [0.15, 0.2) is 4.79 Å². The summed E-state index contributed by atoms with van der Waals surface area (Å²) in [7, 11) is 0. The molecule has 0 spiro atoms. The molecule has 3 rings (SSSR count). The van der Waals surface area contributed by atoms with E-state index in [1.807, 2.05) is 6.92 Å². The molecule has 0 amide bonds. The van der Waals surface area contributed by atoms with Crippen molar-refractivity contribution in [1.29, 1.82) is 0 Å². The van der Waals surface area contributed by atoms with Crippen LogP contribution in [0.3, 0.4) is 0 Å². The molecule has 3 heterocycles. The summed E-state index contributed by atoms with van der Waals surface area (Å²) in [6.45, 7) is 1.97. The van der Waals surface area contributed by atoms with Gasteiger partial charge in [0.15, 0.2) is 0 Å². The van der Waals surface area contributed by atoms with E-state index in [-0.39, 0.29) is 23.5 Å². The predicted octanol–water partition coefficient (Wildman–Crippen LogP) is 1.46. The molecule has 3 atom stereocenters. The Kier molecular flexibility index (Phi) is 2.86. The molecule has 18 heavy (non-hydrogen) atoms. The van der Waals surface area contributed by atoms with E-state index in [0.717, 1.165) is 25.7 Å². The molecule has 98 valence electrons. The van der Waals surface area contributed by atoms with E-state index in [0.29, 0.717) is 23.9 Å². The molecule has 0 saturated carbocycles. The lowest BCUT2D eigenvalue weighted by Gasteiger charge is -2.17. The van der Waals surface area contributed by atoms with Crippen LogP contribution in [-0.2, 0) is 11.2 Å². The average Bonchev–Trinajstić information content (AvgIpc) is 2.95. The summed E-state index contributed by atoms with van der Waals surface area (Å²) in [4.78, 5) is 18.9. The fourth-order valence-corrected chi connectivity index (χ4v) is 3.08. The second kappa shape index (κ2) is 4.39. The quantitative estimate of drug-likeness (QED) is 0.851. The maximum atomic E-state index is 11.9. The molecule has 2 N–H and O–H groups in total. The van der Waals surface area contributed by atoms with Crippen molar-refractivity contribution in [3.8, 4) is 5.88 Å². The Morgan fingerprint density at radius 2 is 2.33 bits per heavy atom. The van der Waals surface area contributed by atoms with E-state index < -0.39 is 0 Å². The second-order valence-electron chi connectivity index (χ2n) is 5.22. The lowest BCUT2D eigenvalue weighted by molar-refractivity contribution is 0.0998. The molecule has 3 unspecified atom stereocenters. The number of nitrogens with one attached hydrogen (secondary N) is 1. The Bertz CT molecular complexity index is 511. The number of hydrogen-bond acceptors (Lipinski definition) is 4. The first-order chi connectivity index (χ1) is 8.69. The number of rotatable bonds is 3. The van der Waals surface area contributed by atoms with Crippen molar-refractivity contribution in [3.05, 3.63) is 21.7 Å². The summed E-state index contributed by atoms with van der Waals surface area (Å²) in [5.74, 6) is 0.612. The van der Waals surface area contributed by atoms with Gasteiger partial charge in [-0.15, -0.1) is 0 Å². The molecule has 1 aromatic rings. The number of nitrogens with zero attached hydrogens (tertiary/aromatic N) is 1. The van der Waals surface area contributed by atoms with Crippen molar-refractivity contribution >= 4 is 0 Å². The maximum Gasteiger partial charge on any atom is 0.257 e. The molecular weight excluding hydrogens is 232 g/mol. The third-order valence-corrected chi connectivity index (χ3v) is 3.97. The van der Waals surface area contributed by atoms with Gasteiger partial charge >= 0.3 is 0 Å². The van der Waals surface area contributed by atoms with Crippen molar-refractivity contribution in [2.75, 3.05) is 0 Å². The Morgan fingerprint density at radius 1 is 1.50 bits per heavy atom. The lowest BCUT2D eigenvalue weighted by Crippen LogP contribution is -2.23. The van der Waals surface area contributed by atoms with Gasteiger partial charge in [0.05, 0.1) is 17.8 Å². The van der Waals surface area contributed by atoms with E-state index in [2.05, 4.69) is 9.97 Å². The minimum absolute atomic E-state index is 0.113. The third-order valence-electron chi connectivity index (χ3n) is 3.97. The monoisotopic (exact) mass is 250 g/mol. The fraction of sp³-hybridized carbons (Fsp3) is 0.692. The number of aromatic amines is 1. The number of fused-ring (bicyclic) bond motifs is 2. The highest BCUT2D eigenvalue weighted by Gasteiger charge is 2.42. The summed E-state index contributed by atoms with van der Waals surface area (Å²) >= 11 is 0. The Labute approximate surface area is 105 Å². The van der Waals surface area contributed by atoms with Crippen LogP contribution >= 0.6 is 0 Å². The van der Waals surface area contributed by atoms with Gasteiger partial charge in [-0.25, -0.2) is 0 Å². The highest BCUT2D eigenvalue weighted by Crippen LogP contribution is 2.43. The van der Waals surface area contributed by atoms with Gasteiger partial charge in [0.25, 0.3) is 5.56 Å². The van der Waals surface area contributed by atoms with E-state index >= 15 is 0 Å². The molecule has 0 radical (unpaired) electrons. The molecule has 2 saturated heterocycles. The SMILES string of the molecule is CCCc1c(O)nc(C2CC3CCC2O3)[nH]c1=O. The minimum Gasteiger partial charge on any atom is -0.493 e. The summed E-state index contributed by atoms with van der Waals surface area (Å²) in [6, 6.07) is 0. The van der Waals surface area contributed by atoms with Crippen LogP contribution in [0.4, 0.5) is 0 Å². The molecule has 0 aliphatic carbocycles. The normalized spacial score (nSPS) is 29.9. The van der Waals surface area contributed by atoms with Gasteiger partial charge in [-0.2, -0.15) is 4.98 Å². The molecular formula is C13H18N2O3. The molecule has 0 aromatic carbocycles. The maximum absolute atomic E-state index is 11.9. The highest BCUT2D eigenvalue weighted by atomic mass is 16.5. The summed E-state index contributed by atoms with van der Waals surface area (Å²) in [5, 5.41) is 9.86. The second-order valence-corrected chi connectivity index (χ2v) is 5.22. The fourth-order valence-electron chi connectivity index (χ4n) is 3.08. The van der Waals surface area contributed by atoms with Crippen LogP contribution in [0.25, 0.3) is 0 Å². The standard InChI is InChI=1S/C13H18N2O3/c1-2-3-8-12(16)14-11(15-13(8)17)9-6-7-4-5-10(9)18-7/h7,9-10H,2-6H2,1H3,(H2,14,15,16,17). The zero-order valence-corrected chi connectivity index (χ0v) is 10.5. The molecule has 2 bridgehead atoms. The summed E-state index contributed by atoms with van der Waals surface area (Å²) in [6.07, 6.45) is 4.87. The van der Waals surface area contributed by atoms with Gasteiger partial charge in [-0.1, -0.05) is 13.3 Å². The third kappa shape index (κ3) is 1.82. The number of aromatic hydroxyl groups is 1. The number of hydrogen-bond donors (Lipinski definition) is 2. The van der Waals surface area contributed by atoms with Gasteiger partial charge in [-0.3, -0.25) is 4.79 Å². The van der Waals surface area contributed by atoms with E-state index in [1.165, 1.54) is 0 Å². The smallest absolute Gasteiger partial charge is 0.257 e. The molecule has 2 aliphatic heterocycles. The van der Waals surface area contributed by atoms with Crippen molar-refractivity contribution in [2.24, 2.45) is 0 Å². The lowest BCUT2D eigenvalue weighted by atomic mass is 9.88. The van der Waals surface area contributed by atoms with E-state index in [4.69, 9.17) is 4.74 Å². The molecule has 1 aromatic heterocycles. The Hall–Kier alpha value is -1.36. The Balaban J connectivity index is 1.92. The number of ether oxygens (including phenoxy) is 1. The first-order valence-electron chi connectivity index (χ1n) is 6.66. The molecule has 2 aliphatic rings. The highest BCUT2D eigenvalue weighted by molar-refractivity contribution is 5.24. The van der Waals surface area contributed by atoms with Crippen LogP contribution in [0.5, 0.6) is 5.88 Å². The van der Waals surface area contributed by atoms with Crippen molar-refractivity contribution in [3.63, 3.8) is 0 Å². The van der Waals surface area contributed by atoms with Gasteiger partial charge in [0, 0.05) is 5.92 Å². The first-order valence-corrected chi connectivity index (χ1v) is 6.66. The molecule has 5 heteroatoms. The van der Waals surface area contributed by atoms with Gasteiger partial charge in [0.2, 0.25) is 5.88 Å². The number of H-pyrrole nitrogens is 1. The zero-order chi connectivity index (χ0) is 12.7. The largest absolute Gasteiger partial charge is 0.493 e. The van der Waals surface area contributed by atoms with Crippen molar-refractivity contribution in [1.82, 2.24) is 9.97 Å². The van der Waals surface area contributed by atoms with Gasteiger partial charge in [0.1, 0.15) is 5.82 Å². The van der Waals surface area contributed by atoms with Gasteiger partial charge in [-0.05, 0) is 25.7 Å². The summed E-state index contributed by atoms with van der Waals surface area (Å²) in [5.41, 5.74) is 0.187. The predicted molar refractivity (Wildman–Crippen MR) is 65.8 cm³/mol. The van der Waals surface area contributed by atoms with Gasteiger partial charge < -0.3 is 14.8 Å². The van der Waals surface area contributed by atoms with Crippen LogP contribution in [-0.4, -0.2) is 27.3 Å². The van der Waals surface area contributed by atoms with E-state index in [1.54, 1.807) is 0 Å². The minimum atomic E-state index is -0.206. The first kappa shape index (κ1) is 11.7. The molecule has 2 fully saturated rings. The Morgan fingerprint density at radius 3 is 2.89 bits per heavy atom. The van der Waals surface area contributed by atoms with Crippen molar-refractivity contribution < 1.29 is 9.84 Å². The van der Waals surface area contributed by atoms with Crippen LogP contribution in [0.1, 0.15) is 49.9 Å². The summed E-state index contributed by atoms with van der Waals surface area (Å²) < 4.78 is 5.75. The van der Waals surface area contributed by atoms with Crippen LogP contribution < -0.4 is 5.56 Å². The topological polar surface area (TPSA) is 75.2 Å². The van der Waals surface area contributed by atoms with Crippen molar-refractivity contribution in [2.45, 2.75) is 57.2 Å². The molecule has 5 nitrogen and oxygen atoms in total. The number of aromatic nitrogens is 2. The average molecular weight is 250 g/mol. The van der Waals surface area contributed by atoms with Crippen LogP contribution in [0.2, 0.25) is 0 Å². The van der Waals surface area contributed by atoms with Crippen LogP contribution in [0, 0.1) is 0 Å². The van der Waals surface area contributed by atoms with E-state index in [9.17, 15) is 9.90 Å².